The molecule has 0 unspecified atom stereocenters. The first-order chi connectivity index (χ1) is 8.12. The van der Waals surface area contributed by atoms with Gasteiger partial charge < -0.3 is 10.0 Å². The van der Waals surface area contributed by atoms with Crippen molar-refractivity contribution in [1.29, 1.82) is 5.26 Å². The summed E-state index contributed by atoms with van der Waals surface area (Å²) >= 11 is 0. The third-order valence-electron chi connectivity index (χ3n) is 1.21. The van der Waals surface area contributed by atoms with E-state index in [9.17, 15) is 0 Å². The lowest BCUT2D eigenvalue weighted by molar-refractivity contribution is 0.425. The number of nitrogens with zero attached hydrogens (tertiary/aromatic N) is 1. The van der Waals surface area contributed by atoms with Gasteiger partial charge in [0, 0.05) is 4.11 Å². The van der Waals surface area contributed by atoms with Crippen LogP contribution in [-0.4, -0.2) is 17.2 Å². The lowest BCUT2D eigenvalue weighted by Crippen LogP contribution is -2.32. The van der Waals surface area contributed by atoms with Crippen LogP contribution in [-0.2, 0) is 0 Å². The molecule has 0 saturated heterocycles. The zero-order valence-corrected chi connectivity index (χ0v) is 5.92. The van der Waals surface area contributed by atoms with E-state index in [4.69, 9.17) is 23.5 Å². The quantitative estimate of drug-likeness (QED) is 0.556. The second-order valence-corrected chi connectivity index (χ2v) is 2.02. The highest BCUT2D eigenvalue weighted by Gasteiger charge is 2.15. The molecular weight excluding hydrogens is 153 g/mol. The van der Waals surface area contributed by atoms with E-state index < -0.39 is 48.7 Å². The normalized spacial score (nSPS) is 17.4. The lowest BCUT2D eigenvalue weighted by Gasteiger charge is -2.02. The molecule has 4 heteroatoms. The summed E-state index contributed by atoms with van der Waals surface area (Å²) < 4.78 is 44.1. The predicted molar refractivity (Wildman–Crippen MR) is 45.7 cm³/mol. The van der Waals surface area contributed by atoms with Crippen LogP contribution in [0.2, 0.25) is 0 Å². The van der Waals surface area contributed by atoms with Crippen molar-refractivity contribution in [2.75, 3.05) is 0 Å². The predicted octanol–water partition coefficient (Wildman–Crippen LogP) is -0.453. The van der Waals surface area contributed by atoms with Gasteiger partial charge in [-0.1, -0.05) is 12.1 Å². The zero-order valence-electron chi connectivity index (χ0n) is 11.9. The molecule has 0 aromatic heterocycles. The Morgan fingerprint density at radius 1 is 1.67 bits per heavy atom. The summed E-state index contributed by atoms with van der Waals surface area (Å²) in [5.74, 6) is 0. The Morgan fingerprint density at radius 3 is 2.92 bits per heavy atom. The summed E-state index contributed by atoms with van der Waals surface area (Å²) in [6.07, 6.45) is 0. The molecule has 0 amide bonds. The standard InChI is InChI=1S/C8H8BNO2/c1-6-2-3-8(9(11)12)7(4-6)5-10/h2-4,11-12H,1H3/i1D3,2D,3D,4D. The third-order valence-corrected chi connectivity index (χ3v) is 1.21. The van der Waals surface area contributed by atoms with Crippen LogP contribution in [0.15, 0.2) is 18.1 Å². The van der Waals surface area contributed by atoms with E-state index in [1.165, 1.54) is 6.07 Å². The van der Waals surface area contributed by atoms with Crippen LogP contribution >= 0.6 is 0 Å². The second kappa shape index (κ2) is 3.39. The minimum Gasteiger partial charge on any atom is -0.423 e. The smallest absolute Gasteiger partial charge is 0.423 e. The van der Waals surface area contributed by atoms with Crippen molar-refractivity contribution >= 4 is 12.6 Å². The number of hydrogen-bond donors (Lipinski definition) is 2. The highest BCUT2D eigenvalue weighted by Crippen LogP contribution is 2.00. The van der Waals surface area contributed by atoms with E-state index >= 15 is 0 Å². The van der Waals surface area contributed by atoms with Crippen molar-refractivity contribution in [2.45, 2.75) is 6.85 Å². The van der Waals surface area contributed by atoms with Gasteiger partial charge in [-0.25, -0.2) is 0 Å². The Hall–Kier alpha value is -1.31. The van der Waals surface area contributed by atoms with Gasteiger partial charge in [0.2, 0.25) is 0 Å². The average Bonchev–Trinajstić information content (AvgIpc) is 2.20. The molecule has 1 aromatic rings. The Bertz CT molecular complexity index is 533. The van der Waals surface area contributed by atoms with Gasteiger partial charge in [0.1, 0.15) is 0 Å². The van der Waals surface area contributed by atoms with Gasteiger partial charge in [-0.05, 0) is 23.9 Å². The van der Waals surface area contributed by atoms with Crippen molar-refractivity contribution in [2.24, 2.45) is 0 Å². The molecule has 0 bridgehead atoms. The van der Waals surface area contributed by atoms with Crippen LogP contribution in [0, 0.1) is 18.2 Å². The number of rotatable bonds is 1. The van der Waals surface area contributed by atoms with Crippen molar-refractivity contribution in [3.8, 4) is 6.07 Å². The summed E-state index contributed by atoms with van der Waals surface area (Å²) in [5.41, 5.74) is -1.98. The van der Waals surface area contributed by atoms with Crippen LogP contribution in [0.25, 0.3) is 0 Å². The molecule has 0 aliphatic heterocycles. The second-order valence-electron chi connectivity index (χ2n) is 2.02. The van der Waals surface area contributed by atoms with Crippen LogP contribution in [0.5, 0.6) is 0 Å². The molecule has 0 aliphatic carbocycles. The molecular formula is C8H8BNO2. The molecule has 0 heterocycles. The molecule has 0 aliphatic rings. The maximum Gasteiger partial charge on any atom is 0.489 e. The molecule has 0 spiro atoms. The van der Waals surface area contributed by atoms with Gasteiger partial charge in [-0.15, -0.1) is 0 Å². The van der Waals surface area contributed by atoms with E-state index in [2.05, 4.69) is 0 Å². The van der Waals surface area contributed by atoms with E-state index in [0.29, 0.717) is 0 Å². The number of nitriles is 1. The van der Waals surface area contributed by atoms with E-state index in [-0.39, 0.29) is 0 Å². The van der Waals surface area contributed by atoms with Crippen LogP contribution < -0.4 is 5.46 Å². The van der Waals surface area contributed by atoms with Crippen molar-refractivity contribution in [3.05, 3.63) is 29.3 Å². The van der Waals surface area contributed by atoms with Crippen LogP contribution in [0.1, 0.15) is 19.4 Å². The van der Waals surface area contributed by atoms with Gasteiger partial charge in [0.25, 0.3) is 0 Å². The highest BCUT2D eigenvalue weighted by atomic mass is 16.4. The van der Waals surface area contributed by atoms with Gasteiger partial charge in [0.15, 0.2) is 0 Å². The summed E-state index contributed by atoms with van der Waals surface area (Å²) in [6.45, 7) is -2.82. The van der Waals surface area contributed by atoms with Crippen LogP contribution in [0.4, 0.5) is 0 Å². The maximum atomic E-state index is 9.04. The van der Waals surface area contributed by atoms with Gasteiger partial charge in [-0.3, -0.25) is 0 Å². The highest BCUT2D eigenvalue weighted by molar-refractivity contribution is 6.59. The SMILES string of the molecule is [2H]c1c([2H])c(C([2H])([2H])[2H])c([2H])c(C#N)c1B(O)O. The fraction of sp³-hybridized carbons (Fsp3) is 0.125. The monoisotopic (exact) mass is 167 g/mol. The van der Waals surface area contributed by atoms with Gasteiger partial charge >= 0.3 is 7.12 Å². The molecule has 12 heavy (non-hydrogen) atoms. The molecule has 2 N–H and O–H groups in total. The minimum atomic E-state index is -2.82. The van der Waals surface area contributed by atoms with Crippen molar-refractivity contribution in [1.82, 2.24) is 0 Å². The Balaban J connectivity index is 3.84. The summed E-state index contributed by atoms with van der Waals surface area (Å²) in [5, 5.41) is 26.9. The van der Waals surface area contributed by atoms with Gasteiger partial charge in [-0.2, -0.15) is 5.26 Å². The molecule has 1 rings (SSSR count). The topological polar surface area (TPSA) is 64.2 Å². The molecule has 3 nitrogen and oxygen atoms in total. The van der Waals surface area contributed by atoms with E-state index in [0.717, 1.165) is 0 Å². The minimum absolute atomic E-state index is 0.614. The fourth-order valence-electron chi connectivity index (χ4n) is 0.698. The molecule has 1 aromatic carbocycles. The molecule has 60 valence electrons. The first kappa shape index (κ1) is 3.61. The summed E-state index contributed by atoms with van der Waals surface area (Å²) in [7, 11) is -2.22. The summed E-state index contributed by atoms with van der Waals surface area (Å²) in [6, 6.07) is -0.889. The van der Waals surface area contributed by atoms with E-state index in [1.807, 2.05) is 0 Å². The maximum absolute atomic E-state index is 9.04. The molecule has 0 saturated carbocycles. The number of hydrogen-bond acceptors (Lipinski definition) is 3. The number of benzene rings is 1. The summed E-state index contributed by atoms with van der Waals surface area (Å²) in [4.78, 5) is 0. The van der Waals surface area contributed by atoms with Crippen molar-refractivity contribution < 1.29 is 18.3 Å². The first-order valence-corrected chi connectivity index (χ1v) is 3.03. The van der Waals surface area contributed by atoms with Gasteiger partial charge in [0.05, 0.1) is 15.7 Å². The largest absolute Gasteiger partial charge is 0.489 e. The molecule has 0 radical (unpaired) electrons. The van der Waals surface area contributed by atoms with Crippen LogP contribution in [0.3, 0.4) is 0 Å². The molecule has 0 atom stereocenters. The third kappa shape index (κ3) is 1.64. The fourth-order valence-corrected chi connectivity index (χ4v) is 0.698. The molecule has 0 fully saturated rings. The average molecular weight is 167 g/mol. The Labute approximate surface area is 79.5 Å². The van der Waals surface area contributed by atoms with E-state index in [1.54, 1.807) is 0 Å². The first-order valence-electron chi connectivity index (χ1n) is 6.03. The lowest BCUT2D eigenvalue weighted by atomic mass is 9.77. The van der Waals surface area contributed by atoms with Crippen molar-refractivity contribution in [3.63, 3.8) is 0 Å². The Kier molecular flexibility index (Phi) is 1.02. The Morgan fingerprint density at radius 2 is 2.42 bits per heavy atom. The zero-order chi connectivity index (χ0) is 14.2.